The quantitative estimate of drug-likeness (QED) is 0.172. The molecule has 8 heterocycles. The van der Waals surface area contributed by atoms with Crippen LogP contribution in [0.3, 0.4) is 0 Å². The lowest BCUT2D eigenvalue weighted by Crippen LogP contribution is -2.32. The normalized spacial score (nSPS) is 13.1. The van der Waals surface area contributed by atoms with Gasteiger partial charge in [-0.05, 0) is 109 Å². The van der Waals surface area contributed by atoms with E-state index in [0.717, 1.165) is 128 Å². The van der Waals surface area contributed by atoms with E-state index in [4.69, 9.17) is 14.7 Å². The predicted octanol–water partition coefficient (Wildman–Crippen LogP) is 20.3. The minimum atomic E-state index is -1.05. The van der Waals surface area contributed by atoms with E-state index in [0.29, 0.717) is 17.1 Å². The van der Waals surface area contributed by atoms with Gasteiger partial charge in [-0.2, -0.15) is 5.26 Å². The average Bonchev–Trinajstić information content (AvgIpc) is 1.56. The van der Waals surface area contributed by atoms with Crippen LogP contribution in [0.15, 0.2) is 291 Å². The molecule has 0 bridgehead atoms. The number of hydrogen-bond acceptors (Lipinski definition) is 4. The number of para-hydroxylation sites is 8. The van der Waals surface area contributed by atoms with Crippen molar-refractivity contribution in [2.45, 2.75) is 5.41 Å². The average molecular weight is 1190 g/mol. The van der Waals surface area contributed by atoms with Crippen LogP contribution >= 0.6 is 0 Å². The highest BCUT2D eigenvalue weighted by Gasteiger charge is 2.53. The molecule has 19 aromatic rings. The minimum Gasteiger partial charge on any atom is -0.457 e. The Kier molecular flexibility index (Phi) is 9.93. The number of nitrogens with zero attached hydrogens (tertiary/aromatic N) is 8. The van der Waals surface area contributed by atoms with Gasteiger partial charge in [0.1, 0.15) is 11.5 Å². The molecule has 0 unspecified atom stereocenters. The molecule has 12 aromatic carbocycles. The number of hydrogen-bond donors (Lipinski definition) is 0. The van der Waals surface area contributed by atoms with E-state index in [1.54, 1.807) is 0 Å². The molecular formula is C84H48N8O. The van der Waals surface area contributed by atoms with Crippen LogP contribution in [0.2, 0.25) is 0 Å². The van der Waals surface area contributed by atoms with Crippen LogP contribution in [0.25, 0.3) is 149 Å². The summed E-state index contributed by atoms with van der Waals surface area (Å²) in [5.74, 6) is 1.42. The van der Waals surface area contributed by atoms with E-state index in [-0.39, 0.29) is 0 Å². The maximum atomic E-state index is 10.2. The van der Waals surface area contributed by atoms with Crippen LogP contribution in [0.4, 0.5) is 0 Å². The molecule has 0 amide bonds. The second-order valence-electron chi connectivity index (χ2n) is 24.8. The molecule has 9 heteroatoms. The Bertz CT molecular complexity index is 6250. The van der Waals surface area contributed by atoms with Crippen LogP contribution in [-0.4, -0.2) is 32.8 Å². The van der Waals surface area contributed by atoms with Crippen molar-refractivity contribution in [2.75, 3.05) is 0 Å². The van der Waals surface area contributed by atoms with Gasteiger partial charge in [-0.1, -0.05) is 158 Å². The minimum absolute atomic E-state index is 0.613. The van der Waals surface area contributed by atoms with E-state index in [1.165, 1.54) is 43.4 Å². The third kappa shape index (κ3) is 6.62. The molecular weight excluding hydrogens is 1140 g/mol. The summed E-state index contributed by atoms with van der Waals surface area (Å²) in [5, 5.41) is 21.7. The Balaban J connectivity index is 0.856. The Morgan fingerprint density at radius 3 is 0.925 bits per heavy atom. The van der Waals surface area contributed by atoms with Crippen LogP contribution in [0.5, 0.6) is 11.5 Å². The number of rotatable bonds is 5. The van der Waals surface area contributed by atoms with Crippen molar-refractivity contribution < 1.29 is 4.74 Å². The summed E-state index contributed by atoms with van der Waals surface area (Å²) >= 11 is 0. The van der Waals surface area contributed by atoms with E-state index < -0.39 is 5.41 Å². The Morgan fingerprint density at radius 1 is 0.269 bits per heavy atom. The van der Waals surface area contributed by atoms with Crippen molar-refractivity contribution >= 4 is 109 Å². The molecule has 93 heavy (non-hydrogen) atoms. The zero-order chi connectivity index (χ0) is 60.8. The summed E-state index contributed by atoms with van der Waals surface area (Å²) in [4.78, 5) is 11.2. The fourth-order valence-corrected chi connectivity index (χ4v) is 16.5. The molecule has 1 spiro atoms. The zero-order valence-electron chi connectivity index (χ0n) is 49.7. The molecule has 0 atom stereocenters. The maximum Gasteiger partial charge on any atom is 0.134 e. The van der Waals surface area contributed by atoms with Gasteiger partial charge in [0.2, 0.25) is 0 Å². The molecule has 0 saturated carbocycles. The fourth-order valence-electron chi connectivity index (χ4n) is 16.5. The fraction of sp³-hybridized carbons (Fsp3) is 0.0119. The molecule has 2 aliphatic rings. The van der Waals surface area contributed by atoms with E-state index in [1.807, 2.05) is 24.5 Å². The van der Waals surface area contributed by atoms with Crippen molar-refractivity contribution in [3.8, 4) is 57.4 Å². The van der Waals surface area contributed by atoms with Crippen LogP contribution in [0.1, 0.15) is 27.8 Å². The Labute approximate surface area is 530 Å². The highest BCUT2D eigenvalue weighted by Crippen LogP contribution is 2.63. The van der Waals surface area contributed by atoms with Crippen molar-refractivity contribution in [1.29, 1.82) is 5.26 Å². The van der Waals surface area contributed by atoms with Gasteiger partial charge in [-0.3, -0.25) is 9.97 Å². The van der Waals surface area contributed by atoms with Gasteiger partial charge in [-0.25, -0.2) is 0 Å². The topological polar surface area (TPSA) is 83.4 Å². The van der Waals surface area contributed by atoms with Gasteiger partial charge in [-0.15, -0.1) is 0 Å². The largest absolute Gasteiger partial charge is 0.457 e. The highest BCUT2D eigenvalue weighted by molar-refractivity contribution is 6.14. The summed E-state index contributed by atoms with van der Waals surface area (Å²) in [6.45, 7) is 0. The third-order valence-corrected chi connectivity index (χ3v) is 20.2. The molecule has 21 rings (SSSR count). The third-order valence-electron chi connectivity index (χ3n) is 20.2. The molecule has 1 aliphatic carbocycles. The summed E-state index contributed by atoms with van der Waals surface area (Å²) < 4.78 is 19.6. The second-order valence-corrected chi connectivity index (χ2v) is 24.8. The molecule has 9 nitrogen and oxygen atoms in total. The monoisotopic (exact) mass is 1180 g/mol. The predicted molar refractivity (Wildman–Crippen MR) is 376 cm³/mol. The lowest BCUT2D eigenvalue weighted by atomic mass is 9.66. The van der Waals surface area contributed by atoms with Gasteiger partial charge in [0.05, 0.1) is 107 Å². The van der Waals surface area contributed by atoms with Crippen LogP contribution in [0, 0.1) is 11.3 Å². The van der Waals surface area contributed by atoms with Gasteiger partial charge in [0.15, 0.2) is 0 Å². The van der Waals surface area contributed by atoms with Gasteiger partial charge in [0, 0.05) is 105 Å². The molecule has 1 aliphatic heterocycles. The lowest BCUT2D eigenvalue weighted by molar-refractivity contribution is 0.436. The number of nitriles is 1. The molecule has 0 radical (unpaired) electrons. The standard InChI is InChI=1S/C84H48N8O/c85-47-50-33-39-78-64(41-50)62-23-7-15-31-76(62)89(78)52-34-37-66-80(45-52)93-81-46-53(90-77-32-16-8-24-63(77)65-42-51(36-40-79(65)90)88-70-25-9-1-17-56(70)57-18-2-10-26-71(57)88)35-38-67(81)84(66)68-43-54(91-72-27-11-3-19-58(72)59-20-4-12-28-73(59)91)48-86-82(68)83-69(84)44-55(49-87-83)92-74-29-13-5-21-60(74)61-22-6-14-30-75(61)92/h1-46,48-49H. The molecule has 430 valence electrons. The first-order chi connectivity index (χ1) is 46.1. The van der Waals surface area contributed by atoms with Crippen molar-refractivity contribution in [2.24, 2.45) is 0 Å². The molecule has 0 saturated heterocycles. The van der Waals surface area contributed by atoms with Gasteiger partial charge < -0.3 is 27.6 Å². The number of pyridine rings is 2. The first kappa shape index (κ1) is 50.1. The summed E-state index contributed by atoms with van der Waals surface area (Å²) in [7, 11) is 0. The van der Waals surface area contributed by atoms with Crippen molar-refractivity contribution in [1.82, 2.24) is 32.8 Å². The first-order valence-electron chi connectivity index (χ1n) is 31.5. The number of benzene rings is 12. The Morgan fingerprint density at radius 2 is 0.559 bits per heavy atom. The van der Waals surface area contributed by atoms with Crippen LogP contribution in [-0.2, 0) is 5.41 Å². The SMILES string of the molecule is N#Cc1ccc2c(c1)c1ccccc1n2-c1ccc2c(c1)Oc1cc(-n3c4ccccc4c4cc(-n5c6ccccc6c6ccccc65)ccc43)ccc1C21c2cc(-n3c4ccccc4c4ccccc43)cnc2-c2ncc(-n3c4ccccc4c4ccccc43)cc21. The molecule has 0 N–H and O–H groups in total. The summed E-state index contributed by atoms with van der Waals surface area (Å²) in [5.41, 5.74) is 20.9. The zero-order valence-corrected chi connectivity index (χ0v) is 49.7. The maximum absolute atomic E-state index is 10.2. The van der Waals surface area contributed by atoms with Crippen molar-refractivity contribution in [3.05, 3.63) is 319 Å². The summed E-state index contributed by atoms with van der Waals surface area (Å²) in [6, 6.07) is 103. The smallest absolute Gasteiger partial charge is 0.134 e. The van der Waals surface area contributed by atoms with E-state index >= 15 is 0 Å². The van der Waals surface area contributed by atoms with E-state index in [2.05, 4.69) is 296 Å². The Hall–Kier alpha value is -12.8. The number of aromatic nitrogens is 7. The van der Waals surface area contributed by atoms with Gasteiger partial charge in [0.25, 0.3) is 0 Å². The van der Waals surface area contributed by atoms with Gasteiger partial charge >= 0.3 is 0 Å². The van der Waals surface area contributed by atoms with Crippen molar-refractivity contribution in [3.63, 3.8) is 0 Å². The lowest BCUT2D eigenvalue weighted by Gasteiger charge is -2.39. The molecule has 0 fully saturated rings. The van der Waals surface area contributed by atoms with Crippen LogP contribution < -0.4 is 4.74 Å². The second kappa shape index (κ2) is 18.4. The highest BCUT2D eigenvalue weighted by atomic mass is 16.5. The summed E-state index contributed by atoms with van der Waals surface area (Å²) in [6.07, 6.45) is 4.07. The van der Waals surface area contributed by atoms with E-state index in [9.17, 15) is 5.26 Å². The number of ether oxygens (including phenoxy) is 1. The first-order valence-corrected chi connectivity index (χ1v) is 31.5. The number of fused-ring (bicyclic) bond motifs is 24. The molecule has 7 aromatic heterocycles.